The molecule has 1 aromatic carbocycles. The van der Waals surface area contributed by atoms with Gasteiger partial charge in [-0.05, 0) is 31.9 Å². The molecule has 26 heavy (non-hydrogen) atoms. The van der Waals surface area contributed by atoms with Gasteiger partial charge < -0.3 is 14.5 Å². The Morgan fingerprint density at radius 3 is 2.77 bits per heavy atom. The van der Waals surface area contributed by atoms with Crippen LogP contribution in [0.2, 0.25) is 0 Å². The van der Waals surface area contributed by atoms with Crippen molar-refractivity contribution >= 4 is 17.5 Å². The predicted octanol–water partition coefficient (Wildman–Crippen LogP) is 2.99. The molecule has 2 unspecified atom stereocenters. The Labute approximate surface area is 149 Å². The number of piperidine rings is 1. The summed E-state index contributed by atoms with van der Waals surface area (Å²) >= 11 is 0. The van der Waals surface area contributed by atoms with E-state index < -0.39 is 18.2 Å². The van der Waals surface area contributed by atoms with Crippen molar-refractivity contribution in [2.45, 2.75) is 38.5 Å². The van der Waals surface area contributed by atoms with Gasteiger partial charge >= 0.3 is 6.18 Å². The first-order chi connectivity index (χ1) is 12.3. The molecule has 1 fully saturated rings. The Kier molecular flexibility index (Phi) is 5.11. The van der Waals surface area contributed by atoms with Crippen molar-refractivity contribution in [2.75, 3.05) is 24.5 Å². The lowest BCUT2D eigenvalue weighted by atomic mass is 9.97. The van der Waals surface area contributed by atoms with Crippen LogP contribution < -0.4 is 9.64 Å². The molecule has 0 aromatic heterocycles. The van der Waals surface area contributed by atoms with Crippen LogP contribution >= 0.6 is 0 Å². The summed E-state index contributed by atoms with van der Waals surface area (Å²) in [6.45, 7) is 1.78. The minimum absolute atomic E-state index is 0.0165. The van der Waals surface area contributed by atoms with Crippen molar-refractivity contribution in [1.82, 2.24) is 4.90 Å². The van der Waals surface area contributed by atoms with Gasteiger partial charge in [0.2, 0.25) is 5.91 Å². The molecule has 2 aliphatic heterocycles. The van der Waals surface area contributed by atoms with Gasteiger partial charge in [0.15, 0.2) is 6.10 Å². The van der Waals surface area contributed by atoms with Crippen LogP contribution in [0.15, 0.2) is 24.3 Å². The topological polar surface area (TPSA) is 49.9 Å². The average Bonchev–Trinajstić information content (AvgIpc) is 2.61. The predicted molar refractivity (Wildman–Crippen MR) is 88.9 cm³/mol. The summed E-state index contributed by atoms with van der Waals surface area (Å²) < 4.78 is 44.3. The van der Waals surface area contributed by atoms with E-state index in [1.807, 2.05) is 0 Å². The van der Waals surface area contributed by atoms with Gasteiger partial charge in [-0.1, -0.05) is 12.1 Å². The third-order valence-corrected chi connectivity index (χ3v) is 4.86. The molecule has 0 bridgehead atoms. The zero-order chi connectivity index (χ0) is 18.9. The zero-order valence-corrected chi connectivity index (χ0v) is 14.5. The first-order valence-corrected chi connectivity index (χ1v) is 8.69. The molecule has 142 valence electrons. The third-order valence-electron chi connectivity index (χ3n) is 4.86. The number of rotatable bonds is 3. The summed E-state index contributed by atoms with van der Waals surface area (Å²) in [5, 5.41) is 0. The number of amides is 2. The van der Waals surface area contributed by atoms with E-state index in [0.717, 1.165) is 0 Å². The number of likely N-dealkylation sites (tertiary alicyclic amines) is 1. The second kappa shape index (κ2) is 7.17. The highest BCUT2D eigenvalue weighted by Crippen LogP contribution is 2.35. The van der Waals surface area contributed by atoms with Crippen molar-refractivity contribution in [3.8, 4) is 5.75 Å². The molecule has 2 amide bonds. The van der Waals surface area contributed by atoms with Crippen LogP contribution in [0.3, 0.4) is 0 Å². The molecular formula is C18H21F3N2O3. The Morgan fingerprint density at radius 2 is 2.04 bits per heavy atom. The lowest BCUT2D eigenvalue weighted by Crippen LogP contribution is -2.48. The van der Waals surface area contributed by atoms with Crippen molar-refractivity contribution in [3.63, 3.8) is 0 Å². The normalized spacial score (nSPS) is 23.5. The van der Waals surface area contributed by atoms with Gasteiger partial charge in [-0.15, -0.1) is 0 Å². The number of carbonyl (C=O) groups is 2. The van der Waals surface area contributed by atoms with E-state index in [9.17, 15) is 22.8 Å². The number of halogens is 3. The van der Waals surface area contributed by atoms with Gasteiger partial charge in [-0.3, -0.25) is 9.59 Å². The number of hydrogen-bond acceptors (Lipinski definition) is 3. The molecule has 0 N–H and O–H groups in total. The summed E-state index contributed by atoms with van der Waals surface area (Å²) in [5.74, 6) is -1.53. The standard InChI is InChI=1S/C18H21F3N2O3/c1-12-17(25)23(14-6-2-3-7-15(14)26-12)10-8-16(24)22-9-4-5-13(11-22)18(19,20)21/h2-3,6-7,12-13H,4-5,8-11H2,1H3. The van der Waals surface area contributed by atoms with Crippen LogP contribution in [-0.4, -0.2) is 48.6 Å². The molecule has 0 aliphatic carbocycles. The van der Waals surface area contributed by atoms with Gasteiger partial charge in [0, 0.05) is 26.1 Å². The Bertz CT molecular complexity index is 693. The molecule has 8 heteroatoms. The molecule has 0 radical (unpaired) electrons. The van der Waals surface area contributed by atoms with E-state index >= 15 is 0 Å². The first-order valence-electron chi connectivity index (χ1n) is 8.69. The number of para-hydroxylation sites is 2. The molecule has 0 spiro atoms. The molecular weight excluding hydrogens is 349 g/mol. The monoisotopic (exact) mass is 370 g/mol. The highest BCUT2D eigenvalue weighted by molar-refractivity contribution is 6.00. The van der Waals surface area contributed by atoms with Crippen molar-refractivity contribution < 1.29 is 27.5 Å². The van der Waals surface area contributed by atoms with E-state index in [4.69, 9.17) is 4.74 Å². The molecule has 3 rings (SSSR count). The van der Waals surface area contributed by atoms with E-state index in [0.29, 0.717) is 24.4 Å². The largest absolute Gasteiger partial charge is 0.479 e. The number of fused-ring (bicyclic) bond motifs is 1. The Balaban J connectivity index is 1.65. The average molecular weight is 370 g/mol. The second-order valence-corrected chi connectivity index (χ2v) is 6.69. The van der Waals surface area contributed by atoms with E-state index in [2.05, 4.69) is 0 Å². The van der Waals surface area contributed by atoms with E-state index in [1.54, 1.807) is 31.2 Å². The minimum atomic E-state index is -4.28. The van der Waals surface area contributed by atoms with E-state index in [-0.39, 0.29) is 37.7 Å². The van der Waals surface area contributed by atoms with Gasteiger partial charge in [-0.2, -0.15) is 13.2 Å². The molecule has 2 atom stereocenters. The van der Waals surface area contributed by atoms with Crippen LogP contribution in [0, 0.1) is 5.92 Å². The summed E-state index contributed by atoms with van der Waals surface area (Å²) in [4.78, 5) is 27.5. The fourth-order valence-electron chi connectivity index (χ4n) is 3.43. The SMILES string of the molecule is CC1Oc2ccccc2N(CCC(=O)N2CCCC(C(F)(F)F)C2)C1=O. The van der Waals surface area contributed by atoms with Crippen molar-refractivity contribution in [3.05, 3.63) is 24.3 Å². The summed E-state index contributed by atoms with van der Waals surface area (Å²) in [5.41, 5.74) is 0.579. The van der Waals surface area contributed by atoms with Crippen LogP contribution in [0.5, 0.6) is 5.75 Å². The molecule has 2 heterocycles. The number of anilines is 1. The van der Waals surface area contributed by atoms with Gasteiger partial charge in [0.1, 0.15) is 5.75 Å². The minimum Gasteiger partial charge on any atom is -0.479 e. The van der Waals surface area contributed by atoms with Crippen LogP contribution in [0.1, 0.15) is 26.2 Å². The van der Waals surface area contributed by atoms with Gasteiger partial charge in [0.05, 0.1) is 11.6 Å². The number of carbonyl (C=O) groups excluding carboxylic acids is 2. The lowest BCUT2D eigenvalue weighted by Gasteiger charge is -2.35. The zero-order valence-electron chi connectivity index (χ0n) is 14.5. The summed E-state index contributed by atoms with van der Waals surface area (Å²) in [6, 6.07) is 7.02. The second-order valence-electron chi connectivity index (χ2n) is 6.69. The smallest absolute Gasteiger partial charge is 0.393 e. The van der Waals surface area contributed by atoms with Gasteiger partial charge in [-0.25, -0.2) is 0 Å². The van der Waals surface area contributed by atoms with Crippen molar-refractivity contribution in [1.29, 1.82) is 0 Å². The summed E-state index contributed by atoms with van der Waals surface area (Å²) in [6.07, 6.45) is -4.57. The van der Waals surface area contributed by atoms with Crippen LogP contribution in [0.4, 0.5) is 18.9 Å². The molecule has 1 saturated heterocycles. The number of ether oxygens (including phenoxy) is 1. The van der Waals surface area contributed by atoms with E-state index in [1.165, 1.54) is 9.80 Å². The van der Waals surface area contributed by atoms with Gasteiger partial charge in [0.25, 0.3) is 5.91 Å². The lowest BCUT2D eigenvalue weighted by molar-refractivity contribution is -0.188. The number of alkyl halides is 3. The maximum Gasteiger partial charge on any atom is 0.393 e. The van der Waals surface area contributed by atoms with Crippen LogP contribution in [-0.2, 0) is 9.59 Å². The Morgan fingerprint density at radius 1 is 1.31 bits per heavy atom. The molecule has 2 aliphatic rings. The number of hydrogen-bond donors (Lipinski definition) is 0. The third kappa shape index (κ3) is 3.78. The molecule has 5 nitrogen and oxygen atoms in total. The van der Waals surface area contributed by atoms with Crippen LogP contribution in [0.25, 0.3) is 0 Å². The molecule has 0 saturated carbocycles. The number of nitrogens with zero attached hydrogens (tertiary/aromatic N) is 2. The fraction of sp³-hybridized carbons (Fsp3) is 0.556. The summed E-state index contributed by atoms with van der Waals surface area (Å²) in [7, 11) is 0. The molecule has 1 aromatic rings. The van der Waals surface area contributed by atoms with Crippen molar-refractivity contribution in [2.24, 2.45) is 5.92 Å². The highest BCUT2D eigenvalue weighted by atomic mass is 19.4. The fourth-order valence-corrected chi connectivity index (χ4v) is 3.43. The maximum atomic E-state index is 12.9. The first kappa shape index (κ1) is 18.5. The number of benzene rings is 1. The quantitative estimate of drug-likeness (QED) is 0.822. The maximum absolute atomic E-state index is 12.9. The Hall–Kier alpha value is -2.25. The highest BCUT2D eigenvalue weighted by Gasteiger charge is 2.42.